The van der Waals surface area contributed by atoms with Crippen LogP contribution in [0.5, 0.6) is 0 Å². The predicted molar refractivity (Wildman–Crippen MR) is 78.1 cm³/mol. The van der Waals surface area contributed by atoms with Crippen LogP contribution in [0.15, 0.2) is 22.8 Å². The molecule has 0 saturated carbocycles. The molecule has 1 aliphatic heterocycles. The molecule has 1 saturated heterocycles. The number of rotatable bonds is 5. The van der Waals surface area contributed by atoms with Crippen molar-refractivity contribution in [3.63, 3.8) is 0 Å². The Morgan fingerprint density at radius 2 is 2.40 bits per heavy atom. The lowest BCUT2D eigenvalue weighted by molar-refractivity contribution is -0.128. The van der Waals surface area contributed by atoms with Gasteiger partial charge in [-0.1, -0.05) is 13.3 Å². The molecule has 1 fully saturated rings. The minimum absolute atomic E-state index is 0.0300. The summed E-state index contributed by atoms with van der Waals surface area (Å²) in [7, 11) is 1.69. The second kappa shape index (κ2) is 6.90. The van der Waals surface area contributed by atoms with Crippen LogP contribution in [0.2, 0.25) is 0 Å². The quantitative estimate of drug-likeness (QED) is 0.860. The maximum atomic E-state index is 12.1. The summed E-state index contributed by atoms with van der Waals surface area (Å²) in [4.78, 5) is 14.4. The number of nitrogens with one attached hydrogen (secondary N) is 1. The summed E-state index contributed by atoms with van der Waals surface area (Å²) in [6.07, 6.45) is 5.58. The summed E-state index contributed by atoms with van der Waals surface area (Å²) in [6.45, 7) is 2.95. The van der Waals surface area contributed by atoms with Gasteiger partial charge in [0, 0.05) is 13.1 Å². The van der Waals surface area contributed by atoms with Crippen LogP contribution in [0, 0.1) is 0 Å². The summed E-state index contributed by atoms with van der Waals surface area (Å²) in [5.41, 5.74) is 6.31. The van der Waals surface area contributed by atoms with Gasteiger partial charge in [-0.15, -0.1) is 0 Å². The van der Waals surface area contributed by atoms with Gasteiger partial charge in [0.2, 0.25) is 5.91 Å². The summed E-state index contributed by atoms with van der Waals surface area (Å²) in [5, 5.41) is 2.77. The number of nitrogens with zero attached hydrogens (tertiary/aromatic N) is 1. The number of carbonyl (C=O) groups is 1. The normalized spacial score (nSPS) is 23.2. The molecule has 2 heterocycles. The third-order valence-corrected chi connectivity index (χ3v) is 4.16. The van der Waals surface area contributed by atoms with Gasteiger partial charge in [-0.3, -0.25) is 9.69 Å². The molecule has 0 spiro atoms. The van der Waals surface area contributed by atoms with E-state index in [4.69, 9.17) is 10.2 Å². The van der Waals surface area contributed by atoms with Crippen LogP contribution in [0.3, 0.4) is 0 Å². The molecule has 5 nitrogen and oxygen atoms in total. The molecule has 3 unspecified atom stereocenters. The number of nitrogens with two attached hydrogens (primary N) is 1. The van der Waals surface area contributed by atoms with Crippen molar-refractivity contribution in [2.45, 2.75) is 50.7 Å². The van der Waals surface area contributed by atoms with Crippen LogP contribution in [0.4, 0.5) is 0 Å². The SMILES string of the molecule is CCC(N)C(c1ccco1)N1CCCCC1C(=O)NC. The minimum Gasteiger partial charge on any atom is -0.468 e. The van der Waals surface area contributed by atoms with E-state index in [1.165, 1.54) is 0 Å². The predicted octanol–water partition coefficient (Wildman–Crippen LogP) is 1.66. The standard InChI is InChI=1S/C15H25N3O2/c1-3-11(16)14(13-8-6-10-20-13)18-9-5-4-7-12(18)15(19)17-2/h6,8,10-12,14H,3-5,7,9,16H2,1-2H3,(H,17,19). The summed E-state index contributed by atoms with van der Waals surface area (Å²) >= 11 is 0. The Hall–Kier alpha value is -1.33. The van der Waals surface area contributed by atoms with Gasteiger partial charge in [-0.2, -0.15) is 0 Å². The van der Waals surface area contributed by atoms with Crippen LogP contribution in [-0.2, 0) is 4.79 Å². The third kappa shape index (κ3) is 3.04. The van der Waals surface area contributed by atoms with Crippen molar-refractivity contribution in [1.29, 1.82) is 0 Å². The van der Waals surface area contributed by atoms with Crippen molar-refractivity contribution in [2.75, 3.05) is 13.6 Å². The number of carbonyl (C=O) groups excluding carboxylic acids is 1. The van der Waals surface area contributed by atoms with Gasteiger partial charge in [-0.25, -0.2) is 0 Å². The summed E-state index contributed by atoms with van der Waals surface area (Å²) < 4.78 is 5.58. The Bertz CT molecular complexity index is 419. The molecule has 1 amide bonds. The molecule has 0 aromatic carbocycles. The zero-order valence-corrected chi connectivity index (χ0v) is 12.3. The molecular formula is C15H25N3O2. The first-order valence-corrected chi connectivity index (χ1v) is 7.45. The van der Waals surface area contributed by atoms with Crippen LogP contribution in [0.25, 0.3) is 0 Å². The Kier molecular flexibility index (Phi) is 5.20. The van der Waals surface area contributed by atoms with Gasteiger partial charge >= 0.3 is 0 Å². The Morgan fingerprint density at radius 3 is 3.00 bits per heavy atom. The van der Waals surface area contributed by atoms with Crippen molar-refractivity contribution in [3.05, 3.63) is 24.2 Å². The first-order chi connectivity index (χ1) is 9.69. The molecule has 1 aromatic heterocycles. The fourth-order valence-electron chi connectivity index (χ4n) is 3.04. The summed E-state index contributed by atoms with van der Waals surface area (Å²) in [5.74, 6) is 0.930. The van der Waals surface area contributed by atoms with E-state index in [2.05, 4.69) is 17.1 Å². The highest BCUT2D eigenvalue weighted by Gasteiger charge is 2.37. The van der Waals surface area contributed by atoms with E-state index >= 15 is 0 Å². The molecule has 3 atom stereocenters. The minimum atomic E-state index is -0.110. The lowest BCUT2D eigenvalue weighted by Crippen LogP contribution is -2.53. The van der Waals surface area contributed by atoms with Gasteiger partial charge in [0.15, 0.2) is 0 Å². The van der Waals surface area contributed by atoms with Crippen molar-refractivity contribution in [3.8, 4) is 0 Å². The van der Waals surface area contributed by atoms with Gasteiger partial charge in [0.25, 0.3) is 0 Å². The van der Waals surface area contributed by atoms with Crippen LogP contribution < -0.4 is 11.1 Å². The Labute approximate surface area is 120 Å². The van der Waals surface area contributed by atoms with E-state index in [0.717, 1.165) is 38.0 Å². The second-order valence-corrected chi connectivity index (χ2v) is 5.40. The smallest absolute Gasteiger partial charge is 0.237 e. The largest absolute Gasteiger partial charge is 0.468 e. The van der Waals surface area contributed by atoms with Gasteiger partial charge in [0.05, 0.1) is 18.3 Å². The fourth-order valence-corrected chi connectivity index (χ4v) is 3.04. The molecule has 20 heavy (non-hydrogen) atoms. The zero-order valence-electron chi connectivity index (χ0n) is 12.3. The average Bonchev–Trinajstić information content (AvgIpc) is 3.01. The van der Waals surface area contributed by atoms with E-state index in [9.17, 15) is 4.79 Å². The number of hydrogen-bond acceptors (Lipinski definition) is 4. The molecule has 2 rings (SSSR count). The second-order valence-electron chi connectivity index (χ2n) is 5.40. The van der Waals surface area contributed by atoms with E-state index in [0.29, 0.717) is 0 Å². The molecular weight excluding hydrogens is 254 g/mol. The monoisotopic (exact) mass is 279 g/mol. The molecule has 3 N–H and O–H groups in total. The molecule has 0 radical (unpaired) electrons. The van der Waals surface area contributed by atoms with Crippen LogP contribution in [-0.4, -0.2) is 36.5 Å². The van der Waals surface area contributed by atoms with Crippen molar-refractivity contribution in [2.24, 2.45) is 5.73 Å². The molecule has 5 heteroatoms. The summed E-state index contributed by atoms with van der Waals surface area (Å²) in [6, 6.07) is 3.66. The van der Waals surface area contributed by atoms with Gasteiger partial charge in [-0.05, 0) is 37.9 Å². The van der Waals surface area contributed by atoms with Gasteiger partial charge in [0.1, 0.15) is 5.76 Å². The van der Waals surface area contributed by atoms with Crippen molar-refractivity contribution >= 4 is 5.91 Å². The van der Waals surface area contributed by atoms with Gasteiger partial charge < -0.3 is 15.5 Å². The molecule has 1 aromatic rings. The first-order valence-electron chi connectivity index (χ1n) is 7.45. The van der Waals surface area contributed by atoms with Crippen molar-refractivity contribution < 1.29 is 9.21 Å². The molecule has 0 aliphatic carbocycles. The molecule has 112 valence electrons. The Balaban J connectivity index is 2.28. The fraction of sp³-hybridized carbons (Fsp3) is 0.667. The number of hydrogen-bond donors (Lipinski definition) is 2. The number of piperidine rings is 1. The average molecular weight is 279 g/mol. The topological polar surface area (TPSA) is 71.5 Å². The van der Waals surface area contributed by atoms with E-state index in [-0.39, 0.29) is 24.0 Å². The highest BCUT2D eigenvalue weighted by molar-refractivity contribution is 5.81. The van der Waals surface area contributed by atoms with E-state index < -0.39 is 0 Å². The number of amides is 1. The highest BCUT2D eigenvalue weighted by atomic mass is 16.3. The number of likely N-dealkylation sites (N-methyl/N-ethyl adjacent to an activating group) is 1. The van der Waals surface area contributed by atoms with E-state index in [1.54, 1.807) is 13.3 Å². The highest BCUT2D eigenvalue weighted by Crippen LogP contribution is 2.31. The Morgan fingerprint density at radius 1 is 1.60 bits per heavy atom. The number of likely N-dealkylation sites (tertiary alicyclic amines) is 1. The van der Waals surface area contributed by atoms with Crippen LogP contribution >= 0.6 is 0 Å². The number of furan rings is 1. The lowest BCUT2D eigenvalue weighted by atomic mass is 9.94. The maximum absolute atomic E-state index is 12.1. The van der Waals surface area contributed by atoms with Crippen molar-refractivity contribution in [1.82, 2.24) is 10.2 Å². The van der Waals surface area contributed by atoms with Crippen LogP contribution in [0.1, 0.15) is 44.4 Å². The molecule has 0 bridgehead atoms. The lowest BCUT2D eigenvalue weighted by Gasteiger charge is -2.41. The third-order valence-electron chi connectivity index (χ3n) is 4.16. The maximum Gasteiger partial charge on any atom is 0.237 e. The first kappa shape index (κ1) is 15.1. The van der Waals surface area contributed by atoms with E-state index in [1.807, 2.05) is 12.1 Å². The zero-order chi connectivity index (χ0) is 14.5. The molecule has 1 aliphatic rings.